The van der Waals surface area contributed by atoms with Crippen LogP contribution in [-0.2, 0) is 6.67 Å². The second kappa shape index (κ2) is 4.77. The van der Waals surface area contributed by atoms with Crippen molar-refractivity contribution in [1.82, 2.24) is 29.6 Å². The molecule has 0 aliphatic rings. The summed E-state index contributed by atoms with van der Waals surface area (Å²) >= 11 is 0. The van der Waals surface area contributed by atoms with Crippen molar-refractivity contribution >= 4 is 17.2 Å². The summed E-state index contributed by atoms with van der Waals surface area (Å²) in [5, 5.41) is 24.2. The van der Waals surface area contributed by atoms with Gasteiger partial charge in [-0.15, -0.1) is 20.4 Å². The number of azo groups is 1. The molecule has 0 unspecified atom stereocenters. The van der Waals surface area contributed by atoms with Gasteiger partial charge in [-0.2, -0.15) is 5.10 Å². The number of aromatic amines is 1. The maximum Gasteiger partial charge on any atom is 0.205 e. The topological polar surface area (TPSA) is 115 Å². The molecule has 21 heavy (non-hydrogen) atoms. The molecule has 0 aliphatic heterocycles. The highest BCUT2D eigenvalue weighted by Gasteiger charge is 2.14. The number of aromatic nitrogens is 6. The lowest BCUT2D eigenvalue weighted by molar-refractivity contribution is 0.633. The molecule has 3 aromatic rings. The molecule has 9 nitrogen and oxygen atoms in total. The molecule has 3 aromatic heterocycles. The van der Waals surface area contributed by atoms with Gasteiger partial charge < -0.3 is 5.73 Å². The van der Waals surface area contributed by atoms with E-state index in [0.717, 1.165) is 22.8 Å². The van der Waals surface area contributed by atoms with Gasteiger partial charge in [0.1, 0.15) is 5.82 Å². The standard InChI is InChI=1S/C12H17N9/c1-6-7(2)18-20(5-13)11(6)16-15-10-8(3)19-21-9(4)14-17-12(10)21/h19H,5,13H2,1-4H3. The van der Waals surface area contributed by atoms with Crippen molar-refractivity contribution in [1.29, 1.82) is 0 Å². The Morgan fingerprint density at radius 3 is 2.62 bits per heavy atom. The normalized spacial score (nSPS) is 12.0. The second-order valence-electron chi connectivity index (χ2n) is 4.91. The van der Waals surface area contributed by atoms with Crippen molar-refractivity contribution in [2.45, 2.75) is 34.4 Å². The number of rotatable bonds is 3. The zero-order valence-electron chi connectivity index (χ0n) is 12.4. The molecule has 0 fully saturated rings. The summed E-state index contributed by atoms with van der Waals surface area (Å²) in [7, 11) is 0. The Morgan fingerprint density at radius 2 is 1.90 bits per heavy atom. The average Bonchev–Trinajstić information content (AvgIpc) is 3.05. The molecule has 0 aromatic carbocycles. The van der Waals surface area contributed by atoms with Gasteiger partial charge in [0.2, 0.25) is 5.65 Å². The van der Waals surface area contributed by atoms with Crippen LogP contribution < -0.4 is 5.73 Å². The summed E-state index contributed by atoms with van der Waals surface area (Å²) in [5.41, 5.74) is 9.72. The molecule has 0 saturated carbocycles. The van der Waals surface area contributed by atoms with E-state index in [1.165, 1.54) is 0 Å². The van der Waals surface area contributed by atoms with Gasteiger partial charge in [0.15, 0.2) is 11.5 Å². The molecule has 0 saturated heterocycles. The van der Waals surface area contributed by atoms with Crippen molar-refractivity contribution in [3.05, 3.63) is 22.8 Å². The molecule has 0 atom stereocenters. The first-order valence-corrected chi connectivity index (χ1v) is 6.59. The van der Waals surface area contributed by atoms with Gasteiger partial charge in [0.25, 0.3) is 0 Å². The van der Waals surface area contributed by atoms with Gasteiger partial charge in [0, 0.05) is 5.56 Å². The number of nitrogens with one attached hydrogen (secondary N) is 1. The Hall–Kier alpha value is -2.55. The van der Waals surface area contributed by atoms with Gasteiger partial charge in [-0.1, -0.05) is 0 Å². The van der Waals surface area contributed by atoms with Crippen LogP contribution in [0.1, 0.15) is 22.8 Å². The summed E-state index contributed by atoms with van der Waals surface area (Å²) < 4.78 is 3.41. The van der Waals surface area contributed by atoms with E-state index in [4.69, 9.17) is 5.73 Å². The van der Waals surface area contributed by atoms with E-state index >= 15 is 0 Å². The lowest BCUT2D eigenvalue weighted by atomic mass is 10.3. The monoisotopic (exact) mass is 287 g/mol. The van der Waals surface area contributed by atoms with Gasteiger partial charge in [0.05, 0.1) is 18.1 Å². The minimum absolute atomic E-state index is 0.259. The van der Waals surface area contributed by atoms with Crippen LogP contribution in [0.4, 0.5) is 11.5 Å². The highest BCUT2D eigenvalue weighted by Crippen LogP contribution is 2.28. The van der Waals surface area contributed by atoms with Crippen LogP contribution >= 0.6 is 0 Å². The molecule has 3 N–H and O–H groups in total. The fourth-order valence-electron chi connectivity index (χ4n) is 2.17. The van der Waals surface area contributed by atoms with Crippen LogP contribution in [0.2, 0.25) is 0 Å². The summed E-state index contributed by atoms with van der Waals surface area (Å²) in [6.07, 6.45) is 0. The fourth-order valence-corrected chi connectivity index (χ4v) is 2.17. The summed E-state index contributed by atoms with van der Waals surface area (Å²) in [6, 6.07) is 0. The van der Waals surface area contributed by atoms with Crippen LogP contribution in [0.3, 0.4) is 0 Å². The third kappa shape index (κ3) is 2.02. The van der Waals surface area contributed by atoms with Gasteiger partial charge in [-0.3, -0.25) is 5.10 Å². The second-order valence-corrected chi connectivity index (χ2v) is 4.91. The molecule has 0 spiro atoms. The molecule has 0 amide bonds. The fraction of sp³-hybridized carbons (Fsp3) is 0.417. The van der Waals surface area contributed by atoms with Gasteiger partial charge in [-0.25, -0.2) is 9.20 Å². The minimum atomic E-state index is 0.259. The average molecular weight is 287 g/mol. The Kier molecular flexibility index (Phi) is 3.05. The first-order valence-electron chi connectivity index (χ1n) is 6.59. The van der Waals surface area contributed by atoms with E-state index in [9.17, 15) is 0 Å². The molecule has 0 aliphatic carbocycles. The number of nitrogens with zero attached hydrogens (tertiary/aromatic N) is 7. The largest absolute Gasteiger partial charge is 0.312 e. The number of hydrogen-bond donors (Lipinski definition) is 2. The smallest absolute Gasteiger partial charge is 0.205 e. The number of aryl methyl sites for hydroxylation is 3. The SMILES string of the molecule is Cc1nn(CN)c(N=Nc2c(C)[nH]n3c(C)nnc23)c1C. The van der Waals surface area contributed by atoms with Crippen LogP contribution in [0, 0.1) is 27.7 Å². The Labute approximate surface area is 120 Å². The van der Waals surface area contributed by atoms with Crippen LogP contribution in [0.15, 0.2) is 10.2 Å². The highest BCUT2D eigenvalue weighted by molar-refractivity contribution is 5.66. The predicted octanol–water partition coefficient (Wildman–Crippen LogP) is 1.82. The van der Waals surface area contributed by atoms with E-state index in [-0.39, 0.29) is 6.67 Å². The molecule has 3 rings (SSSR count). The Balaban J connectivity index is 2.08. The number of H-pyrrole nitrogens is 1. The zero-order chi connectivity index (χ0) is 15.1. The highest BCUT2D eigenvalue weighted by atomic mass is 15.4. The number of hydrogen-bond acceptors (Lipinski definition) is 6. The molecule has 9 heteroatoms. The van der Waals surface area contributed by atoms with E-state index in [2.05, 4.69) is 30.6 Å². The van der Waals surface area contributed by atoms with Crippen LogP contribution in [0.25, 0.3) is 5.65 Å². The third-order valence-corrected chi connectivity index (χ3v) is 3.48. The zero-order valence-corrected chi connectivity index (χ0v) is 12.4. The van der Waals surface area contributed by atoms with Crippen molar-refractivity contribution in [2.75, 3.05) is 0 Å². The molecular weight excluding hydrogens is 270 g/mol. The number of fused-ring (bicyclic) bond motifs is 1. The first-order chi connectivity index (χ1) is 10.0. The third-order valence-electron chi connectivity index (χ3n) is 3.48. The molecule has 0 radical (unpaired) electrons. The lowest BCUT2D eigenvalue weighted by Gasteiger charge is -1.98. The maximum atomic E-state index is 5.67. The van der Waals surface area contributed by atoms with Crippen LogP contribution in [-0.4, -0.2) is 29.6 Å². The summed E-state index contributed by atoms with van der Waals surface area (Å²) in [5.74, 6) is 1.43. The molecular formula is C12H17N9. The predicted molar refractivity (Wildman–Crippen MR) is 76.9 cm³/mol. The van der Waals surface area contributed by atoms with E-state index in [0.29, 0.717) is 17.2 Å². The molecule has 110 valence electrons. The number of nitrogens with two attached hydrogens (primary N) is 1. The summed E-state index contributed by atoms with van der Waals surface area (Å²) in [6.45, 7) is 7.91. The maximum absolute atomic E-state index is 5.67. The minimum Gasteiger partial charge on any atom is -0.312 e. The molecule has 0 bridgehead atoms. The first kappa shape index (κ1) is 13.4. The summed E-state index contributed by atoms with van der Waals surface area (Å²) in [4.78, 5) is 0. The van der Waals surface area contributed by atoms with Gasteiger partial charge in [-0.05, 0) is 27.7 Å². The molecule has 3 heterocycles. The van der Waals surface area contributed by atoms with E-state index < -0.39 is 0 Å². The van der Waals surface area contributed by atoms with Crippen LogP contribution in [0.5, 0.6) is 0 Å². The van der Waals surface area contributed by atoms with Crippen molar-refractivity contribution in [3.8, 4) is 0 Å². The Bertz CT molecular complexity index is 833. The van der Waals surface area contributed by atoms with Crippen molar-refractivity contribution in [2.24, 2.45) is 16.0 Å². The quantitative estimate of drug-likeness (QED) is 0.715. The van der Waals surface area contributed by atoms with Crippen molar-refractivity contribution in [3.63, 3.8) is 0 Å². The Morgan fingerprint density at radius 1 is 1.14 bits per heavy atom. The van der Waals surface area contributed by atoms with E-state index in [1.54, 1.807) is 9.20 Å². The van der Waals surface area contributed by atoms with E-state index in [1.807, 2.05) is 27.7 Å². The lowest BCUT2D eigenvalue weighted by Crippen LogP contribution is -2.08. The van der Waals surface area contributed by atoms with Gasteiger partial charge >= 0.3 is 0 Å². The van der Waals surface area contributed by atoms with Crippen molar-refractivity contribution < 1.29 is 0 Å².